The van der Waals surface area contributed by atoms with Gasteiger partial charge in [-0.3, -0.25) is 4.40 Å². The van der Waals surface area contributed by atoms with Crippen molar-refractivity contribution in [3.05, 3.63) is 24.3 Å². The van der Waals surface area contributed by atoms with Gasteiger partial charge in [-0.05, 0) is 37.2 Å². The van der Waals surface area contributed by atoms with Crippen molar-refractivity contribution in [1.29, 1.82) is 0 Å². The van der Waals surface area contributed by atoms with Crippen LogP contribution < -0.4 is 4.72 Å². The lowest BCUT2D eigenvalue weighted by atomic mass is 9.93. The minimum absolute atomic E-state index is 0.287. The van der Waals surface area contributed by atoms with Crippen molar-refractivity contribution in [1.82, 2.24) is 29.3 Å². The molecular weight excluding hydrogens is 360 g/mol. The Balaban J connectivity index is 1.42. The van der Waals surface area contributed by atoms with Gasteiger partial charge in [-0.15, -0.1) is 10.2 Å². The lowest BCUT2D eigenvalue weighted by molar-refractivity contribution is 0.449. The lowest BCUT2D eigenvalue weighted by Gasteiger charge is -2.16. The molecule has 8 heteroatoms. The largest absolute Gasteiger partial charge is 0.345 e. The Hall–Kier alpha value is -1.80. The van der Waals surface area contributed by atoms with Crippen LogP contribution in [0.4, 0.5) is 0 Å². The molecule has 3 aromatic rings. The van der Waals surface area contributed by atoms with E-state index in [2.05, 4.69) is 43.1 Å². The average Bonchev–Trinajstić information content (AvgIpc) is 3.00. The van der Waals surface area contributed by atoms with E-state index in [1.54, 1.807) is 6.20 Å². The molecule has 0 aromatic carbocycles. The summed E-state index contributed by atoms with van der Waals surface area (Å²) in [5, 5.41) is 9.27. The van der Waals surface area contributed by atoms with Gasteiger partial charge < -0.3 is 4.98 Å². The Morgan fingerprint density at radius 2 is 2.07 bits per heavy atom. The molecule has 6 unspecified atom stereocenters. The molecule has 0 spiro atoms. The molecule has 5 rings (SSSR count). The average molecular weight is 387 g/mol. The van der Waals surface area contributed by atoms with Gasteiger partial charge in [-0.2, -0.15) is 0 Å². The molecule has 0 aliphatic heterocycles. The molecule has 2 saturated carbocycles. The summed E-state index contributed by atoms with van der Waals surface area (Å²) in [7, 11) is -0.910. The van der Waals surface area contributed by atoms with Crippen molar-refractivity contribution in [2.45, 2.75) is 63.2 Å². The first kappa shape index (κ1) is 17.3. The van der Waals surface area contributed by atoms with Crippen molar-refractivity contribution in [2.24, 2.45) is 11.8 Å². The molecule has 0 amide bonds. The SMILES string of the molecule is CCC1CC(NS(=O)C2CC2CC)CC1c1nnc2cnc3[nH]ccc3n12. The van der Waals surface area contributed by atoms with E-state index in [4.69, 9.17) is 0 Å². The fourth-order valence-corrected chi connectivity index (χ4v) is 6.45. The number of rotatable bonds is 6. The summed E-state index contributed by atoms with van der Waals surface area (Å²) in [6.07, 6.45) is 9.02. The molecule has 0 bridgehead atoms. The summed E-state index contributed by atoms with van der Waals surface area (Å²) in [4.78, 5) is 7.58. The number of aromatic nitrogens is 5. The number of aromatic amines is 1. The number of hydrogen-bond donors (Lipinski definition) is 2. The predicted molar refractivity (Wildman–Crippen MR) is 106 cm³/mol. The van der Waals surface area contributed by atoms with Crippen LogP contribution in [0.2, 0.25) is 0 Å². The van der Waals surface area contributed by atoms with E-state index < -0.39 is 11.0 Å². The van der Waals surface area contributed by atoms with Gasteiger partial charge in [-0.25, -0.2) is 13.9 Å². The molecule has 2 fully saturated rings. The molecule has 2 N–H and O–H groups in total. The van der Waals surface area contributed by atoms with E-state index in [-0.39, 0.29) is 6.04 Å². The van der Waals surface area contributed by atoms with Crippen molar-refractivity contribution < 1.29 is 4.21 Å². The first-order valence-corrected chi connectivity index (χ1v) is 11.2. The number of nitrogens with one attached hydrogen (secondary N) is 2. The molecule has 0 radical (unpaired) electrons. The van der Waals surface area contributed by atoms with Gasteiger partial charge in [-0.1, -0.05) is 26.7 Å². The molecule has 144 valence electrons. The molecular formula is C19H26N6OS. The smallest absolute Gasteiger partial charge is 0.179 e. The first-order chi connectivity index (χ1) is 13.2. The number of nitrogens with zero attached hydrogens (tertiary/aromatic N) is 4. The van der Waals surface area contributed by atoms with Gasteiger partial charge in [0.25, 0.3) is 0 Å². The summed E-state index contributed by atoms with van der Waals surface area (Å²) in [5.41, 5.74) is 2.66. The Morgan fingerprint density at radius 1 is 1.22 bits per heavy atom. The van der Waals surface area contributed by atoms with Crippen LogP contribution in [0.25, 0.3) is 16.8 Å². The van der Waals surface area contributed by atoms with Gasteiger partial charge in [0.2, 0.25) is 0 Å². The van der Waals surface area contributed by atoms with Crippen LogP contribution in [0.5, 0.6) is 0 Å². The van der Waals surface area contributed by atoms with Crippen LogP contribution in [-0.2, 0) is 11.0 Å². The van der Waals surface area contributed by atoms with E-state index in [1.807, 2.05) is 12.3 Å². The van der Waals surface area contributed by atoms with E-state index in [1.165, 1.54) is 0 Å². The highest BCUT2D eigenvalue weighted by atomic mass is 32.2. The van der Waals surface area contributed by atoms with Crippen LogP contribution >= 0.6 is 0 Å². The summed E-state index contributed by atoms with van der Waals surface area (Å²) in [6.45, 7) is 4.43. The molecule has 3 aromatic heterocycles. The van der Waals surface area contributed by atoms with Crippen LogP contribution in [0.15, 0.2) is 18.5 Å². The standard InChI is InChI=1S/C19H26N6OS/c1-3-11-7-13(24-27(26)16-8-12(16)4-2)9-14(11)19-23-22-17-10-21-18-15(25(17)19)5-6-20-18/h5-6,10-14,16,20,24H,3-4,7-9H2,1-2H3. The summed E-state index contributed by atoms with van der Waals surface area (Å²) in [5.74, 6) is 2.50. The highest BCUT2D eigenvalue weighted by Gasteiger charge is 2.43. The van der Waals surface area contributed by atoms with E-state index in [0.29, 0.717) is 23.0 Å². The summed E-state index contributed by atoms with van der Waals surface area (Å²) < 4.78 is 18.2. The Bertz CT molecular complexity index is 997. The van der Waals surface area contributed by atoms with Gasteiger partial charge in [0, 0.05) is 18.2 Å². The van der Waals surface area contributed by atoms with Gasteiger partial charge in [0.15, 0.2) is 11.3 Å². The number of H-pyrrole nitrogens is 1. The summed E-state index contributed by atoms with van der Waals surface area (Å²) >= 11 is 0. The third-order valence-corrected chi connectivity index (χ3v) is 8.15. The van der Waals surface area contributed by atoms with Crippen LogP contribution in [0.1, 0.15) is 57.7 Å². The zero-order valence-corrected chi connectivity index (χ0v) is 16.6. The quantitative estimate of drug-likeness (QED) is 0.682. The van der Waals surface area contributed by atoms with E-state index in [9.17, 15) is 4.21 Å². The fourth-order valence-electron chi connectivity index (χ4n) is 4.79. The Morgan fingerprint density at radius 3 is 2.85 bits per heavy atom. The van der Waals surface area contributed by atoms with Gasteiger partial charge in [0.05, 0.1) is 27.9 Å². The topological polar surface area (TPSA) is 88.0 Å². The van der Waals surface area contributed by atoms with Gasteiger partial charge in [0.1, 0.15) is 5.82 Å². The van der Waals surface area contributed by atoms with E-state index in [0.717, 1.165) is 54.7 Å². The molecule has 7 nitrogen and oxygen atoms in total. The molecule has 0 saturated heterocycles. The molecule has 27 heavy (non-hydrogen) atoms. The Labute approximate surface area is 160 Å². The van der Waals surface area contributed by atoms with Crippen LogP contribution in [0.3, 0.4) is 0 Å². The first-order valence-electron chi connectivity index (χ1n) is 10.0. The number of hydrogen-bond acceptors (Lipinski definition) is 4. The maximum atomic E-state index is 12.6. The maximum Gasteiger partial charge on any atom is 0.179 e. The normalized spacial score (nSPS) is 31.7. The monoisotopic (exact) mass is 386 g/mol. The van der Waals surface area contributed by atoms with E-state index >= 15 is 0 Å². The minimum Gasteiger partial charge on any atom is -0.345 e. The Kier molecular flexibility index (Phi) is 4.27. The summed E-state index contributed by atoms with van der Waals surface area (Å²) in [6, 6.07) is 2.32. The van der Waals surface area contributed by atoms with Crippen molar-refractivity contribution >= 4 is 27.8 Å². The van der Waals surface area contributed by atoms with Crippen LogP contribution in [-0.4, -0.2) is 40.1 Å². The second kappa shape index (κ2) is 6.67. The predicted octanol–water partition coefficient (Wildman–Crippen LogP) is 2.93. The minimum atomic E-state index is -0.910. The van der Waals surface area contributed by atoms with Crippen molar-refractivity contribution in [3.63, 3.8) is 0 Å². The van der Waals surface area contributed by atoms with Crippen molar-refractivity contribution in [2.75, 3.05) is 0 Å². The fraction of sp³-hybridized carbons (Fsp3) is 0.632. The zero-order valence-electron chi connectivity index (χ0n) is 15.8. The molecule has 3 heterocycles. The molecule has 2 aliphatic rings. The van der Waals surface area contributed by atoms with Crippen LogP contribution in [0, 0.1) is 11.8 Å². The zero-order chi connectivity index (χ0) is 18.5. The number of fused-ring (bicyclic) bond motifs is 3. The lowest BCUT2D eigenvalue weighted by Crippen LogP contribution is -2.31. The molecule has 2 aliphatic carbocycles. The third kappa shape index (κ3) is 2.89. The second-order valence-electron chi connectivity index (χ2n) is 8.02. The van der Waals surface area contributed by atoms with Gasteiger partial charge >= 0.3 is 0 Å². The molecule has 6 atom stereocenters. The highest BCUT2D eigenvalue weighted by molar-refractivity contribution is 7.84. The second-order valence-corrected chi connectivity index (χ2v) is 9.46. The van der Waals surface area contributed by atoms with Crippen molar-refractivity contribution in [3.8, 4) is 0 Å². The highest BCUT2D eigenvalue weighted by Crippen LogP contribution is 2.43. The third-order valence-electron chi connectivity index (χ3n) is 6.46. The maximum absolute atomic E-state index is 12.6.